The first kappa shape index (κ1) is 22.9. The maximum Gasteiger partial charge on any atom is 0.155 e. The van der Waals surface area contributed by atoms with E-state index >= 15 is 0 Å². The molecule has 0 aliphatic heterocycles. The highest BCUT2D eigenvalue weighted by atomic mass is 29.3. The van der Waals surface area contributed by atoms with E-state index in [1.165, 1.54) is 5.19 Å². The molecule has 148 valence electrons. The van der Waals surface area contributed by atoms with Gasteiger partial charge in [-0.25, -0.2) is 0 Å². The highest BCUT2D eigenvalue weighted by Gasteiger charge is 2.42. The monoisotopic (exact) mass is 436 g/mol. The van der Waals surface area contributed by atoms with Gasteiger partial charge in [0.15, 0.2) is 7.59 Å². The molecule has 0 N–H and O–H groups in total. The Morgan fingerprint density at radius 1 is 0.607 bits per heavy atom. The molecule has 28 heavy (non-hydrogen) atoms. The molecule has 0 amide bonds. The lowest BCUT2D eigenvalue weighted by Crippen LogP contribution is -2.63. The molecule has 0 heterocycles. The first-order valence-electron chi connectivity index (χ1n) is 10.2. The molecule has 2 atom stereocenters. The van der Waals surface area contributed by atoms with Gasteiger partial charge in [0, 0.05) is 7.59 Å². The van der Waals surface area contributed by atoms with Crippen molar-refractivity contribution >= 4 is 40.7 Å². The molecule has 0 aromatic heterocycles. The van der Waals surface area contributed by atoms with Crippen LogP contribution in [-0.2, 0) is 0 Å². The van der Waals surface area contributed by atoms with Gasteiger partial charge < -0.3 is 0 Å². The summed E-state index contributed by atoms with van der Waals surface area (Å²) in [7, 11) is -6.20. The van der Waals surface area contributed by atoms with Crippen LogP contribution in [0.25, 0.3) is 0 Å². The van der Waals surface area contributed by atoms with E-state index in [4.69, 9.17) is 0 Å². The molecule has 2 aromatic carbocycles. The molecule has 0 nitrogen and oxygen atoms in total. The molecule has 0 aliphatic rings. The summed E-state index contributed by atoms with van der Waals surface area (Å²) in [6, 6.07) is 22.2. The van der Waals surface area contributed by atoms with Gasteiger partial charge in [-0.2, -0.15) is 0 Å². The van der Waals surface area contributed by atoms with Gasteiger partial charge in [-0.1, -0.05) is 130 Å². The van der Waals surface area contributed by atoms with Gasteiger partial charge in [0.1, 0.15) is 0 Å². The lowest BCUT2D eigenvalue weighted by atomic mass is 10.4. The van der Waals surface area contributed by atoms with Crippen molar-refractivity contribution in [2.75, 3.05) is 0 Å². The quantitative estimate of drug-likeness (QED) is 0.433. The fourth-order valence-electron chi connectivity index (χ4n) is 3.42. The van der Waals surface area contributed by atoms with E-state index < -0.39 is 30.4 Å². The van der Waals surface area contributed by atoms with Crippen LogP contribution in [0.3, 0.4) is 0 Å². The minimum Gasteiger partial charge on any atom is -0.124 e. The second-order valence-electron chi connectivity index (χ2n) is 10.2. The van der Waals surface area contributed by atoms with Crippen LogP contribution in [0.4, 0.5) is 0 Å². The zero-order valence-electron chi connectivity index (χ0n) is 18.9. The standard InChI is InChI=1S/C24H36Si4/c1-25(2,3)27(7,23-17-11-9-12-18-23)21-15-16-22-28(8,26(4,5)6)24-19-13-10-14-20-24/h9-15,17-21H,1-8H3/b21-15+. The molecule has 0 saturated carbocycles. The predicted octanol–water partition coefficient (Wildman–Crippen LogP) is 5.43. The van der Waals surface area contributed by atoms with Crippen LogP contribution < -0.4 is 10.4 Å². The Bertz CT molecular complexity index is 864. The summed E-state index contributed by atoms with van der Waals surface area (Å²) in [6.07, 6.45) is 2.21. The van der Waals surface area contributed by atoms with E-state index in [2.05, 4.69) is 136 Å². The Balaban J connectivity index is 2.45. The summed E-state index contributed by atoms with van der Waals surface area (Å²) in [4.78, 5) is 0. The van der Waals surface area contributed by atoms with Gasteiger partial charge in [0.25, 0.3) is 0 Å². The van der Waals surface area contributed by atoms with Crippen molar-refractivity contribution < 1.29 is 0 Å². The average molecular weight is 437 g/mol. The molecule has 0 spiro atoms. The predicted molar refractivity (Wildman–Crippen MR) is 139 cm³/mol. The van der Waals surface area contributed by atoms with Crippen molar-refractivity contribution in [3.63, 3.8) is 0 Å². The summed E-state index contributed by atoms with van der Waals surface area (Å²) >= 11 is 0. The van der Waals surface area contributed by atoms with Crippen molar-refractivity contribution in [3.05, 3.63) is 72.4 Å². The Labute approximate surface area is 176 Å². The molecule has 2 aromatic rings. The van der Waals surface area contributed by atoms with Crippen molar-refractivity contribution in [3.8, 4) is 11.5 Å². The second-order valence-corrected chi connectivity index (χ2v) is 40.7. The molecule has 0 radical (unpaired) electrons. The Kier molecular flexibility index (Phi) is 6.98. The van der Waals surface area contributed by atoms with Gasteiger partial charge in [0.2, 0.25) is 0 Å². The van der Waals surface area contributed by atoms with Gasteiger partial charge in [-0.05, 0) is 11.3 Å². The first-order chi connectivity index (χ1) is 12.9. The lowest BCUT2D eigenvalue weighted by molar-refractivity contribution is 1.71. The largest absolute Gasteiger partial charge is 0.155 e. The average Bonchev–Trinajstić information content (AvgIpc) is 2.64. The molecule has 2 rings (SSSR count). The Hall–Kier alpha value is -1.39. The minimum atomic E-state index is -1.80. The van der Waals surface area contributed by atoms with Gasteiger partial charge in [-0.15, -0.1) is 5.54 Å². The number of benzene rings is 2. The number of hydrogen-bond acceptors (Lipinski definition) is 0. The molecule has 0 saturated heterocycles. The van der Waals surface area contributed by atoms with Gasteiger partial charge in [-0.3, -0.25) is 0 Å². The van der Waals surface area contributed by atoms with E-state index in [0.717, 1.165) is 0 Å². The van der Waals surface area contributed by atoms with E-state index in [-0.39, 0.29) is 0 Å². The molecular formula is C24H36Si4. The van der Waals surface area contributed by atoms with Crippen LogP contribution in [0.1, 0.15) is 0 Å². The van der Waals surface area contributed by atoms with Crippen LogP contribution in [0.2, 0.25) is 52.4 Å². The summed E-state index contributed by atoms with van der Waals surface area (Å²) in [6.45, 7) is 20.0. The normalized spacial score (nSPS) is 16.7. The van der Waals surface area contributed by atoms with Gasteiger partial charge >= 0.3 is 0 Å². The summed E-state index contributed by atoms with van der Waals surface area (Å²) in [5, 5.41) is 3.03. The fourth-order valence-corrected chi connectivity index (χ4v) is 18.2. The zero-order valence-corrected chi connectivity index (χ0v) is 22.9. The molecular weight excluding hydrogens is 401 g/mol. The van der Waals surface area contributed by atoms with Crippen LogP contribution in [0.15, 0.2) is 72.4 Å². The summed E-state index contributed by atoms with van der Waals surface area (Å²) in [5.41, 5.74) is 6.35. The molecule has 0 aliphatic carbocycles. The van der Waals surface area contributed by atoms with E-state index in [9.17, 15) is 0 Å². The van der Waals surface area contributed by atoms with Gasteiger partial charge in [0.05, 0.1) is 15.2 Å². The van der Waals surface area contributed by atoms with Crippen molar-refractivity contribution in [2.45, 2.75) is 52.4 Å². The number of rotatable bonds is 5. The van der Waals surface area contributed by atoms with Crippen LogP contribution in [0.5, 0.6) is 0 Å². The smallest absolute Gasteiger partial charge is 0.124 e. The summed E-state index contributed by atoms with van der Waals surface area (Å²) < 4.78 is 0. The fraction of sp³-hybridized carbons (Fsp3) is 0.333. The first-order valence-corrected chi connectivity index (χ1v) is 24.3. The van der Waals surface area contributed by atoms with Crippen LogP contribution >= 0.6 is 0 Å². The zero-order chi connectivity index (χ0) is 21.1. The van der Waals surface area contributed by atoms with Crippen LogP contribution in [-0.4, -0.2) is 30.4 Å². The van der Waals surface area contributed by atoms with E-state index in [0.29, 0.717) is 0 Å². The highest BCUT2D eigenvalue weighted by molar-refractivity contribution is 7.49. The maximum atomic E-state index is 3.83. The highest BCUT2D eigenvalue weighted by Crippen LogP contribution is 2.21. The van der Waals surface area contributed by atoms with E-state index in [1.807, 2.05) is 0 Å². The van der Waals surface area contributed by atoms with Crippen molar-refractivity contribution in [1.29, 1.82) is 0 Å². The van der Waals surface area contributed by atoms with E-state index in [1.54, 1.807) is 5.19 Å². The third-order valence-electron chi connectivity index (χ3n) is 6.60. The Morgan fingerprint density at radius 3 is 1.50 bits per heavy atom. The molecule has 2 unspecified atom stereocenters. The number of allylic oxidation sites excluding steroid dienone is 1. The third kappa shape index (κ3) is 4.77. The minimum absolute atomic E-state index is 1.34. The third-order valence-corrected chi connectivity index (χ3v) is 38.2. The number of hydrogen-bond donors (Lipinski definition) is 0. The molecule has 0 fully saturated rings. The maximum absolute atomic E-state index is 3.83. The summed E-state index contributed by atoms with van der Waals surface area (Å²) in [5.74, 6) is 3.55. The molecule has 0 bridgehead atoms. The van der Waals surface area contributed by atoms with Crippen molar-refractivity contribution in [1.82, 2.24) is 0 Å². The van der Waals surface area contributed by atoms with Crippen LogP contribution in [0, 0.1) is 11.5 Å². The SMILES string of the molecule is C[Si](C)(C)[Si](C)(C#C/C=C/[Si](C)(c1ccccc1)[Si](C)(C)C)c1ccccc1. The Morgan fingerprint density at radius 2 is 1.07 bits per heavy atom. The topological polar surface area (TPSA) is 0 Å². The molecule has 4 heteroatoms. The second kappa shape index (κ2) is 8.54. The lowest BCUT2D eigenvalue weighted by Gasteiger charge is -2.36. The van der Waals surface area contributed by atoms with Crippen molar-refractivity contribution in [2.24, 2.45) is 0 Å².